The molecule has 0 aliphatic carbocycles. The SMILES string of the molecule is COC(=O)N1CCc2c(cncc2C(=O)Nc2ccc(OC)c(Cl)c2)C1. The number of nitrogens with one attached hydrogen (secondary N) is 1. The van der Waals surface area contributed by atoms with Crippen LogP contribution in [0.1, 0.15) is 21.5 Å². The minimum Gasteiger partial charge on any atom is -0.495 e. The topological polar surface area (TPSA) is 80.8 Å². The molecule has 0 atom stereocenters. The minimum atomic E-state index is -0.390. The zero-order valence-electron chi connectivity index (χ0n) is 14.4. The maximum atomic E-state index is 12.7. The lowest BCUT2D eigenvalue weighted by Gasteiger charge is -2.28. The minimum absolute atomic E-state index is 0.276. The van der Waals surface area contributed by atoms with Crippen LogP contribution in [0.2, 0.25) is 5.02 Å². The summed E-state index contributed by atoms with van der Waals surface area (Å²) >= 11 is 6.10. The Morgan fingerprint density at radius 2 is 2.08 bits per heavy atom. The first-order chi connectivity index (χ1) is 12.5. The van der Waals surface area contributed by atoms with Gasteiger partial charge in [-0.25, -0.2) is 4.79 Å². The molecule has 1 N–H and O–H groups in total. The highest BCUT2D eigenvalue weighted by Gasteiger charge is 2.25. The molecule has 0 unspecified atom stereocenters. The Bertz CT molecular complexity index is 856. The van der Waals surface area contributed by atoms with E-state index in [4.69, 9.17) is 21.1 Å². The van der Waals surface area contributed by atoms with Crippen LogP contribution in [0.5, 0.6) is 5.75 Å². The summed E-state index contributed by atoms with van der Waals surface area (Å²) in [5.74, 6) is 0.258. The van der Waals surface area contributed by atoms with E-state index in [0.717, 1.165) is 11.1 Å². The number of pyridine rings is 1. The molecule has 7 nitrogen and oxygen atoms in total. The number of hydrogen-bond acceptors (Lipinski definition) is 5. The number of fused-ring (bicyclic) bond motifs is 1. The van der Waals surface area contributed by atoms with Gasteiger partial charge in [0.25, 0.3) is 5.91 Å². The van der Waals surface area contributed by atoms with Gasteiger partial charge in [0.2, 0.25) is 0 Å². The smallest absolute Gasteiger partial charge is 0.409 e. The van der Waals surface area contributed by atoms with E-state index in [0.29, 0.717) is 41.5 Å². The fraction of sp³-hybridized carbons (Fsp3) is 0.278. The molecular formula is C18H18ClN3O4. The van der Waals surface area contributed by atoms with Gasteiger partial charge in [0, 0.05) is 24.6 Å². The van der Waals surface area contributed by atoms with Crippen molar-refractivity contribution in [3.05, 3.63) is 52.3 Å². The van der Waals surface area contributed by atoms with Gasteiger partial charge in [0.15, 0.2) is 0 Å². The Morgan fingerprint density at radius 3 is 2.77 bits per heavy atom. The second-order valence-electron chi connectivity index (χ2n) is 5.77. The van der Waals surface area contributed by atoms with Gasteiger partial charge in [-0.05, 0) is 35.7 Å². The van der Waals surface area contributed by atoms with Gasteiger partial charge in [-0.15, -0.1) is 0 Å². The summed E-state index contributed by atoms with van der Waals surface area (Å²) in [7, 11) is 2.87. The zero-order chi connectivity index (χ0) is 18.7. The quantitative estimate of drug-likeness (QED) is 0.891. The van der Waals surface area contributed by atoms with Crippen LogP contribution in [0.3, 0.4) is 0 Å². The fourth-order valence-corrected chi connectivity index (χ4v) is 3.17. The second-order valence-corrected chi connectivity index (χ2v) is 6.18. The Balaban J connectivity index is 1.81. The van der Waals surface area contributed by atoms with Crippen LogP contribution in [0.25, 0.3) is 0 Å². The van der Waals surface area contributed by atoms with Crippen LogP contribution < -0.4 is 10.1 Å². The Labute approximate surface area is 155 Å². The van der Waals surface area contributed by atoms with E-state index in [1.165, 1.54) is 20.4 Å². The number of aromatic nitrogens is 1. The number of ether oxygens (including phenoxy) is 2. The molecule has 1 aliphatic rings. The average molecular weight is 376 g/mol. The molecule has 2 amide bonds. The molecule has 1 aromatic carbocycles. The van der Waals surface area contributed by atoms with Crippen molar-refractivity contribution in [3.63, 3.8) is 0 Å². The summed E-state index contributed by atoms with van der Waals surface area (Å²) in [6.07, 6.45) is 3.37. The van der Waals surface area contributed by atoms with Crippen molar-refractivity contribution in [1.82, 2.24) is 9.88 Å². The standard InChI is InChI=1S/C18H18ClN3O4/c1-25-16-4-3-12(7-15(16)19)21-17(23)14-9-20-8-11-10-22(18(24)26-2)6-5-13(11)14/h3-4,7-9H,5-6,10H2,1-2H3,(H,21,23). The molecule has 2 aromatic rings. The molecule has 0 radical (unpaired) electrons. The van der Waals surface area contributed by atoms with Gasteiger partial charge in [-0.3, -0.25) is 9.78 Å². The van der Waals surface area contributed by atoms with E-state index in [1.807, 2.05) is 0 Å². The summed E-state index contributed by atoms with van der Waals surface area (Å²) < 4.78 is 9.86. The third kappa shape index (κ3) is 3.57. The number of nitrogens with zero attached hydrogens (tertiary/aromatic N) is 2. The molecule has 0 bridgehead atoms. The zero-order valence-corrected chi connectivity index (χ0v) is 15.2. The van der Waals surface area contributed by atoms with Crippen molar-refractivity contribution < 1.29 is 19.1 Å². The molecule has 1 aromatic heterocycles. The summed E-state index contributed by atoms with van der Waals surface area (Å²) in [4.78, 5) is 30.1. The molecular weight excluding hydrogens is 358 g/mol. The van der Waals surface area contributed by atoms with Crippen molar-refractivity contribution in [2.45, 2.75) is 13.0 Å². The molecule has 3 rings (SSSR count). The number of carbonyl (C=O) groups excluding carboxylic acids is 2. The van der Waals surface area contributed by atoms with Crippen LogP contribution in [0.15, 0.2) is 30.6 Å². The maximum absolute atomic E-state index is 12.7. The maximum Gasteiger partial charge on any atom is 0.409 e. The first-order valence-corrected chi connectivity index (χ1v) is 8.34. The van der Waals surface area contributed by atoms with Crippen LogP contribution in [-0.4, -0.2) is 42.6 Å². The highest BCUT2D eigenvalue weighted by Crippen LogP contribution is 2.28. The van der Waals surface area contributed by atoms with Gasteiger partial charge in [0.1, 0.15) is 5.75 Å². The molecule has 136 valence electrons. The molecule has 26 heavy (non-hydrogen) atoms. The summed E-state index contributed by atoms with van der Waals surface area (Å²) in [6.45, 7) is 0.850. The van der Waals surface area contributed by atoms with Crippen molar-refractivity contribution in [1.29, 1.82) is 0 Å². The van der Waals surface area contributed by atoms with Gasteiger partial charge < -0.3 is 19.7 Å². The summed E-state index contributed by atoms with van der Waals surface area (Å²) in [6, 6.07) is 5.02. The lowest BCUT2D eigenvalue weighted by atomic mass is 9.97. The van der Waals surface area contributed by atoms with E-state index in [1.54, 1.807) is 29.3 Å². The first-order valence-electron chi connectivity index (χ1n) is 7.97. The molecule has 0 fully saturated rings. The first kappa shape index (κ1) is 18.0. The molecule has 0 saturated carbocycles. The number of benzene rings is 1. The van der Waals surface area contributed by atoms with Crippen LogP contribution in [0.4, 0.5) is 10.5 Å². The van der Waals surface area contributed by atoms with Crippen molar-refractivity contribution >= 4 is 29.3 Å². The molecule has 1 aliphatic heterocycles. The normalized spacial score (nSPS) is 13.0. The van der Waals surface area contributed by atoms with Crippen LogP contribution in [-0.2, 0) is 17.7 Å². The van der Waals surface area contributed by atoms with Crippen molar-refractivity contribution in [2.75, 3.05) is 26.1 Å². The number of carbonyl (C=O) groups is 2. The lowest BCUT2D eigenvalue weighted by Crippen LogP contribution is -2.36. The lowest BCUT2D eigenvalue weighted by molar-refractivity contribution is 0.102. The van der Waals surface area contributed by atoms with E-state index in [9.17, 15) is 9.59 Å². The van der Waals surface area contributed by atoms with E-state index < -0.39 is 6.09 Å². The van der Waals surface area contributed by atoms with E-state index in [2.05, 4.69) is 10.3 Å². The van der Waals surface area contributed by atoms with Gasteiger partial charge in [-0.1, -0.05) is 11.6 Å². The number of hydrogen-bond donors (Lipinski definition) is 1. The average Bonchev–Trinajstić information content (AvgIpc) is 2.66. The third-order valence-corrected chi connectivity index (χ3v) is 4.52. The highest BCUT2D eigenvalue weighted by atomic mass is 35.5. The Hall–Kier alpha value is -2.80. The van der Waals surface area contributed by atoms with Crippen molar-refractivity contribution in [2.24, 2.45) is 0 Å². The van der Waals surface area contributed by atoms with E-state index in [-0.39, 0.29) is 5.91 Å². The van der Waals surface area contributed by atoms with Crippen LogP contribution in [0, 0.1) is 0 Å². The van der Waals surface area contributed by atoms with Crippen molar-refractivity contribution in [3.8, 4) is 5.75 Å². The number of methoxy groups -OCH3 is 2. The fourth-order valence-electron chi connectivity index (χ4n) is 2.92. The molecule has 2 heterocycles. The van der Waals surface area contributed by atoms with Gasteiger partial charge >= 0.3 is 6.09 Å². The van der Waals surface area contributed by atoms with E-state index >= 15 is 0 Å². The molecule has 8 heteroatoms. The number of anilines is 1. The predicted octanol–water partition coefficient (Wildman–Crippen LogP) is 3.12. The molecule has 0 spiro atoms. The second kappa shape index (κ2) is 7.61. The summed E-state index contributed by atoms with van der Waals surface area (Å²) in [5, 5.41) is 3.23. The predicted molar refractivity (Wildman–Crippen MR) is 96.7 cm³/mol. The van der Waals surface area contributed by atoms with Crippen LogP contribution >= 0.6 is 11.6 Å². The molecule has 0 saturated heterocycles. The monoisotopic (exact) mass is 375 g/mol. The Kier molecular flexibility index (Phi) is 5.27. The highest BCUT2D eigenvalue weighted by molar-refractivity contribution is 6.32. The Morgan fingerprint density at radius 1 is 1.27 bits per heavy atom. The largest absolute Gasteiger partial charge is 0.495 e. The number of halogens is 1. The van der Waals surface area contributed by atoms with Gasteiger partial charge in [-0.2, -0.15) is 0 Å². The third-order valence-electron chi connectivity index (χ3n) is 4.23. The number of rotatable bonds is 3. The van der Waals surface area contributed by atoms with Gasteiger partial charge in [0.05, 0.1) is 31.4 Å². The number of amides is 2. The summed E-state index contributed by atoms with van der Waals surface area (Å²) in [5.41, 5.74) is 2.77.